The van der Waals surface area contributed by atoms with Gasteiger partial charge in [0.15, 0.2) is 0 Å². The molecule has 0 saturated heterocycles. The smallest absolute Gasteiger partial charge is 0.389 e. The molecule has 0 radical (unpaired) electrons. The van der Waals surface area contributed by atoms with Crippen LogP contribution < -0.4 is 4.74 Å². The van der Waals surface area contributed by atoms with Crippen LogP contribution in [0.4, 0.5) is 22.0 Å². The summed E-state index contributed by atoms with van der Waals surface area (Å²) >= 11 is 0. The van der Waals surface area contributed by atoms with Gasteiger partial charge in [-0.1, -0.05) is 36.4 Å². The number of hydrogen-bond donors (Lipinski definition) is 0. The predicted molar refractivity (Wildman–Crippen MR) is 85.9 cm³/mol. The fourth-order valence-corrected chi connectivity index (χ4v) is 2.56. The largest absolute Gasteiger partial charge is 0.435 e. The zero-order valence-electron chi connectivity index (χ0n) is 13.5. The molecule has 2 aromatic carbocycles. The van der Waals surface area contributed by atoms with Crippen molar-refractivity contribution in [3.8, 4) is 5.75 Å². The lowest BCUT2D eigenvalue weighted by Gasteiger charge is -2.08. The van der Waals surface area contributed by atoms with Crippen LogP contribution in [-0.2, 0) is 19.3 Å². The van der Waals surface area contributed by atoms with Crippen molar-refractivity contribution in [1.82, 2.24) is 0 Å². The zero-order valence-corrected chi connectivity index (χ0v) is 13.5. The van der Waals surface area contributed by atoms with Crippen LogP contribution >= 0.6 is 0 Å². The number of aryl methyl sites for hydroxylation is 3. The number of halogens is 5. The van der Waals surface area contributed by atoms with Gasteiger partial charge in [-0.15, -0.1) is 0 Å². The Morgan fingerprint density at radius 1 is 0.800 bits per heavy atom. The number of alkyl halides is 5. The number of hydrogen-bond acceptors (Lipinski definition) is 1. The molecule has 0 atom stereocenters. The van der Waals surface area contributed by atoms with Crippen molar-refractivity contribution in [1.29, 1.82) is 0 Å². The Balaban J connectivity index is 1.85. The van der Waals surface area contributed by atoms with Gasteiger partial charge in [-0.05, 0) is 54.5 Å². The van der Waals surface area contributed by atoms with E-state index in [2.05, 4.69) is 4.74 Å². The monoisotopic (exact) mass is 358 g/mol. The van der Waals surface area contributed by atoms with Crippen molar-refractivity contribution in [3.05, 3.63) is 65.2 Å². The van der Waals surface area contributed by atoms with Gasteiger partial charge in [0, 0.05) is 6.42 Å². The van der Waals surface area contributed by atoms with E-state index in [1.165, 1.54) is 12.1 Å². The molecule has 0 heterocycles. The molecule has 0 N–H and O–H groups in total. The first-order valence-electron chi connectivity index (χ1n) is 8.00. The van der Waals surface area contributed by atoms with Gasteiger partial charge in [-0.3, -0.25) is 0 Å². The van der Waals surface area contributed by atoms with Crippen molar-refractivity contribution < 1.29 is 26.7 Å². The summed E-state index contributed by atoms with van der Waals surface area (Å²) in [5.74, 6) is 0.116. The Morgan fingerprint density at radius 2 is 1.40 bits per heavy atom. The summed E-state index contributed by atoms with van der Waals surface area (Å²) in [7, 11) is 0. The number of ether oxygens (including phenoxy) is 1. The van der Waals surface area contributed by atoms with Crippen LogP contribution in [0.25, 0.3) is 0 Å². The van der Waals surface area contributed by atoms with Crippen molar-refractivity contribution in [2.24, 2.45) is 0 Å². The average Bonchev–Trinajstić information content (AvgIpc) is 2.53. The summed E-state index contributed by atoms with van der Waals surface area (Å²) in [5, 5.41) is 0. The van der Waals surface area contributed by atoms with Crippen LogP contribution in [-0.4, -0.2) is 12.8 Å². The molecular weight excluding hydrogens is 339 g/mol. The van der Waals surface area contributed by atoms with Crippen LogP contribution in [0, 0.1) is 0 Å². The molecular formula is C19H19F5O. The fourth-order valence-electron chi connectivity index (χ4n) is 2.56. The minimum atomic E-state index is -4.11. The normalized spacial score (nSPS) is 11.8. The van der Waals surface area contributed by atoms with E-state index in [1.54, 1.807) is 12.1 Å². The highest BCUT2D eigenvalue weighted by Crippen LogP contribution is 2.23. The van der Waals surface area contributed by atoms with Gasteiger partial charge < -0.3 is 4.74 Å². The lowest BCUT2D eigenvalue weighted by atomic mass is 10.0. The summed E-state index contributed by atoms with van der Waals surface area (Å²) < 4.78 is 65.1. The Bertz CT molecular complexity index is 650. The first-order chi connectivity index (χ1) is 11.8. The molecule has 0 bridgehead atoms. The van der Waals surface area contributed by atoms with E-state index in [0.717, 1.165) is 23.1 Å². The van der Waals surface area contributed by atoms with E-state index >= 15 is 0 Å². The average molecular weight is 358 g/mol. The molecule has 0 spiro atoms. The fraction of sp³-hybridized carbons (Fsp3) is 0.368. The third-order valence-electron chi connectivity index (χ3n) is 3.77. The van der Waals surface area contributed by atoms with Crippen LogP contribution in [0.15, 0.2) is 48.5 Å². The highest BCUT2D eigenvalue weighted by atomic mass is 19.4. The molecule has 0 amide bonds. The SMILES string of the molecule is FC(F)Oc1ccc(CCc2cccc(CCCC(F)(F)F)c2)cc1. The number of rotatable bonds is 8. The zero-order chi connectivity index (χ0) is 18.3. The second-order valence-corrected chi connectivity index (χ2v) is 5.81. The van der Waals surface area contributed by atoms with E-state index in [9.17, 15) is 22.0 Å². The van der Waals surface area contributed by atoms with Gasteiger partial charge in [0.2, 0.25) is 0 Å². The summed E-state index contributed by atoms with van der Waals surface area (Å²) in [6.07, 6.45) is -2.98. The van der Waals surface area contributed by atoms with Crippen molar-refractivity contribution in [2.75, 3.05) is 0 Å². The highest BCUT2D eigenvalue weighted by molar-refractivity contribution is 5.29. The van der Waals surface area contributed by atoms with E-state index in [-0.39, 0.29) is 12.2 Å². The standard InChI is InChI=1S/C19H19F5O/c20-18(21)25-17-10-8-14(9-11-17)6-7-16-4-1-3-15(13-16)5-2-12-19(22,23)24/h1,3-4,8-11,13,18H,2,5-7,12H2. The van der Waals surface area contributed by atoms with Gasteiger partial charge in [0.25, 0.3) is 0 Å². The first kappa shape index (κ1) is 19.2. The van der Waals surface area contributed by atoms with Gasteiger partial charge >= 0.3 is 12.8 Å². The molecule has 136 valence electrons. The van der Waals surface area contributed by atoms with Crippen LogP contribution in [0.5, 0.6) is 5.75 Å². The van der Waals surface area contributed by atoms with E-state index in [0.29, 0.717) is 12.8 Å². The van der Waals surface area contributed by atoms with Crippen LogP contribution in [0.2, 0.25) is 0 Å². The topological polar surface area (TPSA) is 9.23 Å². The Morgan fingerprint density at radius 3 is 2.00 bits per heavy atom. The Labute approximate surface area is 143 Å². The first-order valence-corrected chi connectivity index (χ1v) is 8.00. The minimum Gasteiger partial charge on any atom is -0.435 e. The van der Waals surface area contributed by atoms with Gasteiger partial charge in [-0.2, -0.15) is 22.0 Å². The van der Waals surface area contributed by atoms with Gasteiger partial charge in [0.1, 0.15) is 5.75 Å². The van der Waals surface area contributed by atoms with E-state index in [4.69, 9.17) is 0 Å². The molecule has 0 aromatic heterocycles. The predicted octanol–water partition coefficient (Wildman–Crippen LogP) is 5.96. The van der Waals surface area contributed by atoms with Crippen LogP contribution in [0.3, 0.4) is 0 Å². The maximum absolute atomic E-state index is 12.2. The van der Waals surface area contributed by atoms with Crippen LogP contribution in [0.1, 0.15) is 29.5 Å². The Kier molecular flexibility index (Phi) is 6.79. The summed E-state index contributed by atoms with van der Waals surface area (Å²) in [5.41, 5.74) is 2.91. The molecule has 25 heavy (non-hydrogen) atoms. The lowest BCUT2D eigenvalue weighted by molar-refractivity contribution is -0.135. The van der Waals surface area contributed by atoms with E-state index in [1.807, 2.05) is 24.3 Å². The highest BCUT2D eigenvalue weighted by Gasteiger charge is 2.25. The van der Waals surface area contributed by atoms with Gasteiger partial charge in [0.05, 0.1) is 0 Å². The number of benzene rings is 2. The molecule has 1 nitrogen and oxygen atoms in total. The molecule has 0 saturated carbocycles. The third kappa shape index (κ3) is 7.54. The van der Waals surface area contributed by atoms with Crippen molar-refractivity contribution in [2.45, 2.75) is 44.9 Å². The quantitative estimate of drug-likeness (QED) is 0.529. The second-order valence-electron chi connectivity index (χ2n) is 5.81. The van der Waals surface area contributed by atoms with Crippen molar-refractivity contribution >= 4 is 0 Å². The molecule has 0 aliphatic carbocycles. The molecule has 0 aliphatic heterocycles. The molecule has 6 heteroatoms. The molecule has 0 unspecified atom stereocenters. The van der Waals surface area contributed by atoms with Crippen molar-refractivity contribution in [3.63, 3.8) is 0 Å². The second kappa shape index (κ2) is 8.83. The summed E-state index contributed by atoms with van der Waals surface area (Å²) in [6.45, 7) is -2.84. The molecule has 2 rings (SSSR count). The molecule has 2 aromatic rings. The maximum atomic E-state index is 12.2. The lowest BCUT2D eigenvalue weighted by Crippen LogP contribution is -2.07. The summed E-state index contributed by atoms with van der Waals surface area (Å²) in [4.78, 5) is 0. The maximum Gasteiger partial charge on any atom is 0.389 e. The third-order valence-corrected chi connectivity index (χ3v) is 3.77. The van der Waals surface area contributed by atoms with E-state index < -0.39 is 19.2 Å². The van der Waals surface area contributed by atoms with Gasteiger partial charge in [-0.25, -0.2) is 0 Å². The minimum absolute atomic E-state index is 0.0819. The summed E-state index contributed by atoms with van der Waals surface area (Å²) in [6, 6.07) is 14.0. The Hall–Kier alpha value is -2.11. The molecule has 0 fully saturated rings. The molecule has 0 aliphatic rings.